The molecule has 3 atom stereocenters. The van der Waals surface area contributed by atoms with Crippen molar-refractivity contribution < 1.29 is 23.0 Å². The molecule has 1 unspecified atom stereocenters. The minimum absolute atomic E-state index is 0.115. The highest BCUT2D eigenvalue weighted by atomic mass is 19.4. The third-order valence-corrected chi connectivity index (χ3v) is 4.67. The van der Waals surface area contributed by atoms with E-state index in [2.05, 4.69) is 10.1 Å². The predicted molar refractivity (Wildman–Crippen MR) is 91.6 cm³/mol. The van der Waals surface area contributed by atoms with Crippen LogP contribution >= 0.6 is 0 Å². The van der Waals surface area contributed by atoms with Gasteiger partial charge in [0.25, 0.3) is 0 Å². The Morgan fingerprint density at radius 2 is 1.92 bits per heavy atom. The van der Waals surface area contributed by atoms with Crippen LogP contribution < -0.4 is 15.8 Å². The summed E-state index contributed by atoms with van der Waals surface area (Å²) < 4.78 is 40.7. The highest BCUT2D eigenvalue weighted by molar-refractivity contribution is 5.34. The van der Waals surface area contributed by atoms with Gasteiger partial charge in [-0.3, -0.25) is 0 Å². The number of aliphatic hydroxyl groups is 1. The molecule has 0 bridgehead atoms. The smallest absolute Gasteiger partial charge is 0.406 e. The van der Waals surface area contributed by atoms with Crippen molar-refractivity contribution in [3.63, 3.8) is 0 Å². The molecule has 0 radical (unpaired) electrons. The van der Waals surface area contributed by atoms with Crippen LogP contribution in [0.2, 0.25) is 0 Å². The zero-order valence-corrected chi connectivity index (χ0v) is 14.0. The molecule has 7 heteroatoms. The molecule has 0 aromatic heterocycles. The summed E-state index contributed by atoms with van der Waals surface area (Å²) >= 11 is 0. The van der Waals surface area contributed by atoms with E-state index in [9.17, 15) is 18.3 Å². The first-order valence-corrected chi connectivity index (χ1v) is 8.35. The lowest BCUT2D eigenvalue weighted by Gasteiger charge is -2.20. The summed E-state index contributed by atoms with van der Waals surface area (Å²) in [5.41, 5.74) is 7.36. The largest absolute Gasteiger partial charge is 0.573 e. The van der Waals surface area contributed by atoms with E-state index in [4.69, 9.17) is 5.73 Å². The first-order chi connectivity index (χ1) is 12.3. The fraction of sp³-hybridized carbons (Fsp3) is 0.368. The first-order valence-electron chi connectivity index (χ1n) is 8.35. The van der Waals surface area contributed by atoms with E-state index in [1.54, 1.807) is 6.07 Å². The minimum Gasteiger partial charge on any atom is -0.406 e. The maximum Gasteiger partial charge on any atom is 0.573 e. The van der Waals surface area contributed by atoms with E-state index in [1.165, 1.54) is 18.2 Å². The van der Waals surface area contributed by atoms with Crippen LogP contribution in [0.5, 0.6) is 5.75 Å². The number of aliphatic hydroxyl groups excluding tert-OH is 1. The normalized spacial score (nSPS) is 23.5. The zero-order valence-electron chi connectivity index (χ0n) is 14.0. The van der Waals surface area contributed by atoms with Gasteiger partial charge in [0.2, 0.25) is 0 Å². The Hall–Kier alpha value is -2.09. The number of hydrogen-bond donors (Lipinski definition) is 3. The third-order valence-electron chi connectivity index (χ3n) is 4.67. The molecule has 1 fully saturated rings. The van der Waals surface area contributed by atoms with Gasteiger partial charge in [-0.2, -0.15) is 0 Å². The second-order valence-electron chi connectivity index (χ2n) is 6.62. The van der Waals surface area contributed by atoms with Crippen molar-refractivity contribution in [2.24, 2.45) is 5.73 Å². The highest BCUT2D eigenvalue weighted by Gasteiger charge is 2.56. The quantitative estimate of drug-likeness (QED) is 0.705. The Labute approximate surface area is 149 Å². The molecule has 4 N–H and O–H groups in total. The monoisotopic (exact) mass is 366 g/mol. The van der Waals surface area contributed by atoms with Gasteiger partial charge in [-0.1, -0.05) is 42.5 Å². The fourth-order valence-electron chi connectivity index (χ4n) is 3.17. The lowest BCUT2D eigenvalue weighted by Crippen LogP contribution is -2.45. The molecule has 2 aromatic rings. The van der Waals surface area contributed by atoms with Crippen molar-refractivity contribution in [1.29, 1.82) is 0 Å². The average molecular weight is 366 g/mol. The zero-order chi connectivity index (χ0) is 18.8. The third kappa shape index (κ3) is 4.55. The van der Waals surface area contributed by atoms with Crippen LogP contribution in [0.25, 0.3) is 0 Å². The number of benzene rings is 2. The number of ether oxygens (including phenoxy) is 1. The summed E-state index contributed by atoms with van der Waals surface area (Å²) in [5, 5.41) is 13.4. The van der Waals surface area contributed by atoms with Crippen LogP contribution in [-0.4, -0.2) is 29.7 Å². The Morgan fingerprint density at radius 1 is 1.19 bits per heavy atom. The Balaban J connectivity index is 1.50. The summed E-state index contributed by atoms with van der Waals surface area (Å²) in [7, 11) is 0. The topological polar surface area (TPSA) is 67.5 Å². The van der Waals surface area contributed by atoms with Gasteiger partial charge < -0.3 is 20.9 Å². The van der Waals surface area contributed by atoms with E-state index < -0.39 is 18.0 Å². The maximum atomic E-state index is 12.3. The SMILES string of the molecule is N[C@]1([C@H](O)CNCc2cccc(OC(F)(F)F)c2)CC1c1ccccc1. The molecule has 0 amide bonds. The van der Waals surface area contributed by atoms with E-state index in [-0.39, 0.29) is 18.2 Å². The first kappa shape index (κ1) is 18.7. The van der Waals surface area contributed by atoms with Crippen LogP contribution in [0, 0.1) is 0 Å². The molecule has 0 saturated heterocycles. The molecule has 1 aliphatic carbocycles. The summed E-state index contributed by atoms with van der Waals surface area (Å²) in [6, 6.07) is 15.5. The number of hydrogen-bond acceptors (Lipinski definition) is 4. The van der Waals surface area contributed by atoms with Crippen molar-refractivity contribution in [3.8, 4) is 5.75 Å². The maximum absolute atomic E-state index is 12.3. The second kappa shape index (κ2) is 7.26. The molecular weight excluding hydrogens is 345 g/mol. The van der Waals surface area contributed by atoms with Crippen LogP contribution in [-0.2, 0) is 6.54 Å². The molecule has 0 spiro atoms. The van der Waals surface area contributed by atoms with E-state index in [0.29, 0.717) is 18.5 Å². The summed E-state index contributed by atoms with van der Waals surface area (Å²) in [6.45, 7) is 0.558. The van der Waals surface area contributed by atoms with E-state index >= 15 is 0 Å². The molecule has 2 aromatic carbocycles. The summed E-state index contributed by atoms with van der Waals surface area (Å²) in [4.78, 5) is 0. The van der Waals surface area contributed by atoms with Crippen LogP contribution in [0.4, 0.5) is 13.2 Å². The summed E-state index contributed by atoms with van der Waals surface area (Å²) in [5.74, 6) is -0.150. The van der Waals surface area contributed by atoms with E-state index in [1.807, 2.05) is 30.3 Å². The molecule has 0 heterocycles. The number of nitrogens with one attached hydrogen (secondary N) is 1. The van der Waals surface area contributed by atoms with Crippen LogP contribution in [0.1, 0.15) is 23.5 Å². The van der Waals surface area contributed by atoms with Gasteiger partial charge in [0.05, 0.1) is 11.6 Å². The summed E-state index contributed by atoms with van der Waals surface area (Å²) in [6.07, 6.45) is -4.76. The van der Waals surface area contributed by atoms with Gasteiger partial charge in [-0.15, -0.1) is 13.2 Å². The Bertz CT molecular complexity index is 739. The van der Waals surface area contributed by atoms with E-state index in [0.717, 1.165) is 5.56 Å². The molecule has 26 heavy (non-hydrogen) atoms. The second-order valence-corrected chi connectivity index (χ2v) is 6.62. The minimum atomic E-state index is -4.72. The molecule has 140 valence electrons. The molecule has 1 aliphatic rings. The van der Waals surface area contributed by atoms with Crippen molar-refractivity contribution in [3.05, 3.63) is 65.7 Å². The van der Waals surface area contributed by atoms with Crippen molar-refractivity contribution in [1.82, 2.24) is 5.32 Å². The average Bonchev–Trinajstić information content (AvgIpc) is 3.28. The lowest BCUT2D eigenvalue weighted by molar-refractivity contribution is -0.274. The Morgan fingerprint density at radius 3 is 2.62 bits per heavy atom. The van der Waals surface area contributed by atoms with Gasteiger partial charge in [0.15, 0.2) is 0 Å². The van der Waals surface area contributed by atoms with Crippen molar-refractivity contribution in [2.75, 3.05) is 6.54 Å². The van der Waals surface area contributed by atoms with Gasteiger partial charge in [0, 0.05) is 19.0 Å². The van der Waals surface area contributed by atoms with Crippen LogP contribution in [0.15, 0.2) is 54.6 Å². The molecule has 0 aliphatic heterocycles. The fourth-order valence-corrected chi connectivity index (χ4v) is 3.17. The van der Waals surface area contributed by atoms with Gasteiger partial charge in [0.1, 0.15) is 5.75 Å². The van der Waals surface area contributed by atoms with Gasteiger partial charge in [-0.05, 0) is 29.7 Å². The molecular formula is C19H21F3N2O2. The molecule has 3 rings (SSSR count). The Kier molecular flexibility index (Phi) is 5.22. The number of alkyl halides is 3. The predicted octanol–water partition coefficient (Wildman–Crippen LogP) is 2.92. The van der Waals surface area contributed by atoms with Crippen molar-refractivity contribution in [2.45, 2.75) is 36.9 Å². The highest BCUT2D eigenvalue weighted by Crippen LogP contribution is 2.51. The number of nitrogens with two attached hydrogens (primary N) is 1. The molecule has 1 saturated carbocycles. The van der Waals surface area contributed by atoms with Gasteiger partial charge in [-0.25, -0.2) is 0 Å². The molecule has 4 nitrogen and oxygen atoms in total. The van der Waals surface area contributed by atoms with Gasteiger partial charge >= 0.3 is 6.36 Å². The number of halogens is 3. The lowest BCUT2D eigenvalue weighted by atomic mass is 10.0. The standard InChI is InChI=1S/C19H21F3N2O2/c20-19(21,22)26-15-8-4-5-13(9-15)11-24-12-17(25)18(23)10-16(18)14-6-2-1-3-7-14/h1-9,16-17,24-25H,10-12,23H2/t16?,17-,18-/m1/s1. The van der Waals surface area contributed by atoms with Crippen LogP contribution in [0.3, 0.4) is 0 Å². The van der Waals surface area contributed by atoms with Crippen molar-refractivity contribution >= 4 is 0 Å². The number of rotatable bonds is 7.